The lowest BCUT2D eigenvalue weighted by atomic mass is 10.2. The number of ether oxygens (including phenoxy) is 3. The van der Waals surface area contributed by atoms with Crippen LogP contribution in [0.15, 0.2) is 42.6 Å². The summed E-state index contributed by atoms with van der Waals surface area (Å²) in [6.07, 6.45) is 1.39. The van der Waals surface area contributed by atoms with Gasteiger partial charge < -0.3 is 14.2 Å². The molecule has 2 aromatic heterocycles. The molecule has 8 nitrogen and oxygen atoms in total. The predicted molar refractivity (Wildman–Crippen MR) is 120 cm³/mol. The van der Waals surface area contributed by atoms with Gasteiger partial charge in [-0.05, 0) is 36.8 Å². The van der Waals surface area contributed by atoms with Crippen molar-refractivity contribution < 1.29 is 19.0 Å². The van der Waals surface area contributed by atoms with E-state index in [1.165, 1.54) is 11.3 Å². The number of amides is 1. The number of fused-ring (bicyclic) bond motifs is 1. The first-order chi connectivity index (χ1) is 15.0. The van der Waals surface area contributed by atoms with Crippen LogP contribution in [0.1, 0.15) is 11.3 Å². The molecule has 0 spiro atoms. The Morgan fingerprint density at radius 2 is 2.00 bits per heavy atom. The summed E-state index contributed by atoms with van der Waals surface area (Å²) in [5.74, 6) is 1.34. The summed E-state index contributed by atoms with van der Waals surface area (Å²) in [5.41, 5.74) is 3.31. The van der Waals surface area contributed by atoms with Crippen molar-refractivity contribution in [3.63, 3.8) is 0 Å². The highest BCUT2D eigenvalue weighted by atomic mass is 32.1. The molecule has 0 bridgehead atoms. The van der Waals surface area contributed by atoms with Crippen molar-refractivity contribution >= 4 is 33.3 Å². The number of carbonyl (C=O) groups excluding carboxylic acids is 1. The molecule has 0 saturated carbocycles. The zero-order valence-electron chi connectivity index (χ0n) is 17.6. The maximum Gasteiger partial charge on any atom is 0.412 e. The number of anilines is 1. The lowest BCUT2D eigenvalue weighted by Gasteiger charge is -2.08. The maximum absolute atomic E-state index is 12.3. The van der Waals surface area contributed by atoms with E-state index in [4.69, 9.17) is 14.2 Å². The number of rotatable bonds is 6. The second kappa shape index (κ2) is 8.65. The van der Waals surface area contributed by atoms with Crippen molar-refractivity contribution in [1.29, 1.82) is 0 Å². The number of methoxy groups -OCH3 is 2. The van der Waals surface area contributed by atoms with Crippen LogP contribution in [0.5, 0.6) is 11.5 Å². The van der Waals surface area contributed by atoms with Crippen LogP contribution in [-0.4, -0.2) is 35.1 Å². The van der Waals surface area contributed by atoms with E-state index < -0.39 is 6.09 Å². The molecule has 4 aromatic rings. The highest BCUT2D eigenvalue weighted by Gasteiger charge is 2.16. The monoisotopic (exact) mass is 438 g/mol. The van der Waals surface area contributed by atoms with Gasteiger partial charge in [-0.15, -0.1) is 0 Å². The normalized spacial score (nSPS) is 10.8. The molecule has 0 aliphatic carbocycles. The molecule has 0 aliphatic rings. The number of hydrogen-bond acceptors (Lipinski definition) is 7. The Morgan fingerprint density at radius 3 is 2.77 bits per heavy atom. The van der Waals surface area contributed by atoms with Crippen LogP contribution in [0, 0.1) is 6.92 Å². The second-order valence-electron chi connectivity index (χ2n) is 6.90. The van der Waals surface area contributed by atoms with Crippen LogP contribution < -0.4 is 14.8 Å². The topological polar surface area (TPSA) is 87.5 Å². The van der Waals surface area contributed by atoms with Crippen LogP contribution >= 0.6 is 11.3 Å². The van der Waals surface area contributed by atoms with Crippen LogP contribution in [0.4, 0.5) is 9.80 Å². The summed E-state index contributed by atoms with van der Waals surface area (Å²) in [6.45, 7) is 2.00. The van der Waals surface area contributed by atoms with Gasteiger partial charge in [0.25, 0.3) is 0 Å². The Labute approximate surface area is 183 Å². The minimum Gasteiger partial charge on any atom is -0.497 e. The average molecular weight is 439 g/mol. The van der Waals surface area contributed by atoms with Crippen molar-refractivity contribution in [3.05, 3.63) is 53.9 Å². The minimum atomic E-state index is -0.536. The highest BCUT2D eigenvalue weighted by Crippen LogP contribution is 2.38. The molecule has 160 valence electrons. The predicted octanol–water partition coefficient (Wildman–Crippen LogP) is 4.77. The molecular weight excluding hydrogens is 416 g/mol. The van der Waals surface area contributed by atoms with Crippen molar-refractivity contribution in [2.24, 2.45) is 7.05 Å². The first-order valence-corrected chi connectivity index (χ1v) is 10.3. The number of thiazole rings is 1. The van der Waals surface area contributed by atoms with E-state index in [0.29, 0.717) is 22.2 Å². The fraction of sp³-hybridized carbons (Fsp3) is 0.227. The number of nitrogens with one attached hydrogen (secondary N) is 1. The van der Waals surface area contributed by atoms with Crippen molar-refractivity contribution in [2.45, 2.75) is 13.5 Å². The van der Waals surface area contributed by atoms with E-state index in [1.54, 1.807) is 25.0 Å². The third kappa shape index (κ3) is 4.46. The maximum atomic E-state index is 12.3. The van der Waals surface area contributed by atoms with Crippen molar-refractivity contribution in [2.75, 3.05) is 19.5 Å². The summed E-state index contributed by atoms with van der Waals surface area (Å²) in [5, 5.41) is 9.48. The molecule has 2 aromatic carbocycles. The van der Waals surface area contributed by atoms with Gasteiger partial charge >= 0.3 is 6.09 Å². The third-order valence-corrected chi connectivity index (χ3v) is 5.81. The standard InChI is InChI=1S/C22H22N4O4S/c1-13-20(31-21(23-13)17-7-6-16(28-3)10-19(17)29-4)24-22(27)30-12-14-5-8-18-15(9-14)11-26(2)25-18/h5-11H,12H2,1-4H3,(H,24,27). The lowest BCUT2D eigenvalue weighted by molar-refractivity contribution is 0.155. The van der Waals surface area contributed by atoms with Crippen LogP contribution in [0.2, 0.25) is 0 Å². The Hall–Kier alpha value is -3.59. The number of nitrogens with zero attached hydrogens (tertiary/aromatic N) is 3. The molecule has 31 heavy (non-hydrogen) atoms. The van der Waals surface area contributed by atoms with E-state index in [1.807, 2.05) is 50.5 Å². The SMILES string of the molecule is COc1ccc(-c2nc(C)c(NC(=O)OCc3ccc4nn(C)cc4c3)s2)c(OC)c1. The molecule has 4 rings (SSSR count). The Bertz CT molecular complexity index is 1250. The van der Waals surface area contributed by atoms with Crippen LogP contribution in [0.25, 0.3) is 21.5 Å². The molecule has 9 heteroatoms. The highest BCUT2D eigenvalue weighted by molar-refractivity contribution is 7.19. The average Bonchev–Trinajstić information content (AvgIpc) is 3.32. The summed E-state index contributed by atoms with van der Waals surface area (Å²) >= 11 is 1.36. The Kier molecular flexibility index (Phi) is 5.77. The van der Waals surface area contributed by atoms with E-state index in [9.17, 15) is 4.79 Å². The second-order valence-corrected chi connectivity index (χ2v) is 7.90. The molecular formula is C22H22N4O4S. The fourth-order valence-electron chi connectivity index (χ4n) is 3.17. The zero-order chi connectivity index (χ0) is 22.0. The molecule has 0 unspecified atom stereocenters. The number of benzene rings is 2. The summed E-state index contributed by atoms with van der Waals surface area (Å²) in [7, 11) is 5.07. The van der Waals surface area contributed by atoms with Crippen LogP contribution in [0.3, 0.4) is 0 Å². The molecule has 2 heterocycles. The molecule has 0 saturated heterocycles. The van der Waals surface area contributed by atoms with Gasteiger partial charge in [-0.2, -0.15) is 5.10 Å². The van der Waals surface area contributed by atoms with Gasteiger partial charge in [-0.1, -0.05) is 17.4 Å². The molecule has 1 amide bonds. The van der Waals surface area contributed by atoms with Gasteiger partial charge in [0.05, 0.1) is 31.0 Å². The lowest BCUT2D eigenvalue weighted by Crippen LogP contribution is -2.13. The van der Waals surface area contributed by atoms with E-state index in [0.717, 1.165) is 27.0 Å². The van der Waals surface area contributed by atoms with E-state index >= 15 is 0 Å². The smallest absolute Gasteiger partial charge is 0.412 e. The number of aryl methyl sites for hydroxylation is 2. The molecule has 0 fully saturated rings. The van der Waals surface area contributed by atoms with Gasteiger partial charge in [-0.3, -0.25) is 10.00 Å². The quantitative estimate of drug-likeness (QED) is 0.467. The first-order valence-electron chi connectivity index (χ1n) is 9.52. The number of aromatic nitrogens is 3. The minimum absolute atomic E-state index is 0.160. The number of carbonyl (C=O) groups is 1. The van der Waals surface area contributed by atoms with Crippen LogP contribution in [-0.2, 0) is 18.4 Å². The zero-order valence-corrected chi connectivity index (χ0v) is 18.4. The first kappa shape index (κ1) is 20.7. The van der Waals surface area contributed by atoms with E-state index in [-0.39, 0.29) is 6.61 Å². The van der Waals surface area contributed by atoms with Gasteiger partial charge in [0, 0.05) is 24.7 Å². The fourth-order valence-corrected chi connectivity index (χ4v) is 4.15. The van der Waals surface area contributed by atoms with Gasteiger partial charge in [-0.25, -0.2) is 9.78 Å². The van der Waals surface area contributed by atoms with Gasteiger partial charge in [0.15, 0.2) is 0 Å². The van der Waals surface area contributed by atoms with E-state index in [2.05, 4.69) is 15.4 Å². The van der Waals surface area contributed by atoms with Crippen molar-refractivity contribution in [3.8, 4) is 22.1 Å². The third-order valence-electron chi connectivity index (χ3n) is 4.70. The van der Waals surface area contributed by atoms with Gasteiger partial charge in [0.2, 0.25) is 0 Å². The molecule has 0 atom stereocenters. The summed E-state index contributed by atoms with van der Waals surface area (Å²) in [6, 6.07) is 11.3. The van der Waals surface area contributed by atoms with Gasteiger partial charge in [0.1, 0.15) is 28.1 Å². The summed E-state index contributed by atoms with van der Waals surface area (Å²) in [4.78, 5) is 16.9. The van der Waals surface area contributed by atoms with Crippen molar-refractivity contribution in [1.82, 2.24) is 14.8 Å². The largest absolute Gasteiger partial charge is 0.497 e. The molecule has 1 N–H and O–H groups in total. The summed E-state index contributed by atoms with van der Waals surface area (Å²) < 4.78 is 17.9. The Balaban J connectivity index is 1.44. The molecule has 0 radical (unpaired) electrons. The number of hydrogen-bond donors (Lipinski definition) is 1. The molecule has 0 aliphatic heterocycles. The Morgan fingerprint density at radius 1 is 1.16 bits per heavy atom.